The number of aromatic nitrogens is 2. The lowest BCUT2D eigenvalue weighted by atomic mass is 9.89. The first kappa shape index (κ1) is 47.5. The Labute approximate surface area is 416 Å². The Morgan fingerprint density at radius 1 is 0.845 bits per heavy atom. The van der Waals surface area contributed by atoms with Crippen LogP contribution in [0.5, 0.6) is 11.5 Å². The van der Waals surface area contributed by atoms with E-state index in [0.717, 1.165) is 79.2 Å². The van der Waals surface area contributed by atoms with Gasteiger partial charge in [0.25, 0.3) is 11.8 Å². The van der Waals surface area contributed by atoms with Gasteiger partial charge in [0.2, 0.25) is 5.91 Å². The minimum Gasteiger partial charge on any atom is -0.508 e. The van der Waals surface area contributed by atoms with E-state index in [9.17, 15) is 15.2 Å². The van der Waals surface area contributed by atoms with Crippen molar-refractivity contribution in [2.75, 3.05) is 44.3 Å². The molecule has 6 aromatic rings. The number of amides is 3. The third-order valence-corrected chi connectivity index (χ3v) is 15.7. The minimum absolute atomic E-state index is 0.0191. The predicted octanol–water partition coefficient (Wildman–Crippen LogP) is 8.94. The molecule has 5 heterocycles. The second kappa shape index (κ2) is 19.6. The molecule has 2 fully saturated rings. The molecule has 1 atom stereocenters. The van der Waals surface area contributed by atoms with Crippen molar-refractivity contribution in [3.8, 4) is 28.8 Å². The van der Waals surface area contributed by atoms with E-state index in [1.54, 1.807) is 34.7 Å². The summed E-state index contributed by atoms with van der Waals surface area (Å²) in [5.41, 5.74) is 10.5. The molecule has 13 heteroatoms. The van der Waals surface area contributed by atoms with Gasteiger partial charge in [0.05, 0.1) is 29.9 Å². The number of fused-ring (bicyclic) bond motifs is 2. The van der Waals surface area contributed by atoms with E-state index >= 15 is 9.59 Å². The molecule has 2 aromatic heterocycles. The van der Waals surface area contributed by atoms with Crippen LogP contribution in [-0.4, -0.2) is 97.7 Å². The van der Waals surface area contributed by atoms with Crippen molar-refractivity contribution in [2.24, 2.45) is 14.1 Å². The van der Waals surface area contributed by atoms with Crippen LogP contribution in [0.4, 0.5) is 11.4 Å². The first-order chi connectivity index (χ1) is 34.3. The van der Waals surface area contributed by atoms with Crippen LogP contribution in [0.15, 0.2) is 97.1 Å². The summed E-state index contributed by atoms with van der Waals surface area (Å²) < 4.78 is 16.1. The summed E-state index contributed by atoms with van der Waals surface area (Å²) >= 11 is 0. The van der Waals surface area contributed by atoms with Crippen molar-refractivity contribution in [3.63, 3.8) is 0 Å². The largest absolute Gasteiger partial charge is 0.508 e. The monoisotopic (exact) mass is 953 g/mol. The van der Waals surface area contributed by atoms with E-state index in [1.807, 2.05) is 83.8 Å². The molecule has 10 rings (SSSR count). The average molecular weight is 954 g/mol. The number of hydrogen-bond donors (Lipinski definition) is 1. The van der Waals surface area contributed by atoms with E-state index in [-0.39, 0.29) is 41.5 Å². The maximum Gasteiger partial charge on any atom is 0.264 e. The zero-order valence-electron chi connectivity index (χ0n) is 41.5. The molecule has 1 saturated heterocycles. The predicted molar refractivity (Wildman–Crippen MR) is 273 cm³/mol. The van der Waals surface area contributed by atoms with Crippen LogP contribution < -0.4 is 9.64 Å². The number of benzene rings is 4. The number of carbonyl (C=O) groups excluding carboxylic acids is 3. The lowest BCUT2D eigenvalue weighted by Gasteiger charge is -2.40. The molecule has 0 unspecified atom stereocenters. The Balaban J connectivity index is 0.918. The lowest BCUT2D eigenvalue weighted by Crippen LogP contribution is -2.51. The molecule has 71 heavy (non-hydrogen) atoms. The van der Waals surface area contributed by atoms with E-state index in [2.05, 4.69) is 36.1 Å². The number of anilines is 2. The second-order valence-electron chi connectivity index (χ2n) is 20.1. The highest BCUT2D eigenvalue weighted by Crippen LogP contribution is 2.39. The Hall–Kier alpha value is -7.14. The van der Waals surface area contributed by atoms with E-state index in [1.165, 1.54) is 30.5 Å². The molecule has 4 aromatic carbocycles. The number of ether oxygens (including phenoxy) is 2. The van der Waals surface area contributed by atoms with Crippen molar-refractivity contribution < 1.29 is 29.0 Å². The molecular formula is C58H63N7O6. The van der Waals surface area contributed by atoms with E-state index in [0.29, 0.717) is 77.8 Å². The normalized spacial score (nSPS) is 17.4. The fraction of sp³-hybridized carbons (Fsp3) is 0.379. The molecule has 1 saturated carbocycles. The fourth-order valence-electron chi connectivity index (χ4n) is 11.3. The van der Waals surface area contributed by atoms with Crippen LogP contribution in [0, 0.1) is 25.2 Å². The summed E-state index contributed by atoms with van der Waals surface area (Å²) in [4.78, 5) is 52.2. The highest BCUT2D eigenvalue weighted by molar-refractivity contribution is 6.13. The maximum atomic E-state index is 15.2. The number of carbonyl (C=O) groups is 3. The molecule has 1 aliphatic carbocycles. The summed E-state index contributed by atoms with van der Waals surface area (Å²) in [6, 6.07) is 32.4. The van der Waals surface area contributed by atoms with Gasteiger partial charge in [-0.3, -0.25) is 24.2 Å². The standard InChI is InChI=1S/C58H63N7O6/c1-38-28-42-10-6-7-11-44(42)36-64(38)56(68)52-31-45-35-63(55(67)29-41-12-18-49(19-13-41)70-26-24-62-25-27-71-58(37-62)21-8-9-22-58)23-20-43(45)30-51(52)54-33-50(39(2)61(54)5)57(69)65(46-14-16-48(66)17-15-46)53-32-47(34-59)60(4)40(53)3/h6-7,10-19,30-33,38,66H,8-9,20-29,35-37H2,1-5H3/t38-/m1/s1. The third-order valence-electron chi connectivity index (χ3n) is 15.7. The molecule has 0 bridgehead atoms. The van der Waals surface area contributed by atoms with Crippen LogP contribution in [0.1, 0.15) is 98.2 Å². The molecule has 4 aliphatic rings. The van der Waals surface area contributed by atoms with Crippen molar-refractivity contribution >= 4 is 29.1 Å². The van der Waals surface area contributed by atoms with Gasteiger partial charge < -0.3 is 33.5 Å². The summed E-state index contributed by atoms with van der Waals surface area (Å²) in [6.07, 6.45) is 6.38. The van der Waals surface area contributed by atoms with Crippen molar-refractivity contribution in [1.29, 1.82) is 5.26 Å². The topological polar surface area (TPSA) is 137 Å². The Kier molecular flexibility index (Phi) is 13.1. The van der Waals surface area contributed by atoms with Gasteiger partial charge in [0.1, 0.15) is 29.9 Å². The number of nitriles is 1. The van der Waals surface area contributed by atoms with E-state index < -0.39 is 0 Å². The Bertz CT molecular complexity index is 3050. The third kappa shape index (κ3) is 9.34. The number of rotatable bonds is 11. The second-order valence-corrected chi connectivity index (χ2v) is 20.1. The van der Waals surface area contributed by atoms with Crippen LogP contribution in [-0.2, 0) is 56.0 Å². The van der Waals surface area contributed by atoms with E-state index in [4.69, 9.17) is 9.47 Å². The molecule has 366 valence electrons. The van der Waals surface area contributed by atoms with Crippen LogP contribution in [0.2, 0.25) is 0 Å². The smallest absolute Gasteiger partial charge is 0.264 e. The maximum absolute atomic E-state index is 15.2. The molecule has 3 aliphatic heterocycles. The number of hydrogen-bond acceptors (Lipinski definition) is 8. The molecule has 1 spiro atoms. The number of phenols is 1. The molecular weight excluding hydrogens is 891 g/mol. The van der Waals surface area contributed by atoms with Crippen molar-refractivity contribution in [1.82, 2.24) is 23.8 Å². The van der Waals surface area contributed by atoms with Crippen LogP contribution >= 0.6 is 0 Å². The van der Waals surface area contributed by atoms with Crippen LogP contribution in [0.25, 0.3) is 11.3 Å². The summed E-state index contributed by atoms with van der Waals surface area (Å²) in [5.74, 6) is 0.437. The number of nitrogens with zero attached hydrogens (tertiary/aromatic N) is 7. The molecule has 0 radical (unpaired) electrons. The van der Waals surface area contributed by atoms with Gasteiger partial charge in [-0.15, -0.1) is 0 Å². The molecule has 3 amide bonds. The Morgan fingerprint density at radius 3 is 2.32 bits per heavy atom. The van der Waals surface area contributed by atoms with Crippen LogP contribution in [0.3, 0.4) is 0 Å². The molecule has 1 N–H and O–H groups in total. The zero-order valence-corrected chi connectivity index (χ0v) is 41.5. The number of morpholine rings is 1. The number of aromatic hydroxyl groups is 1. The first-order valence-electron chi connectivity index (χ1n) is 25.1. The van der Waals surface area contributed by atoms with Gasteiger partial charge in [-0.1, -0.05) is 49.2 Å². The van der Waals surface area contributed by atoms with Gasteiger partial charge in [-0.25, -0.2) is 0 Å². The zero-order chi connectivity index (χ0) is 49.6. The summed E-state index contributed by atoms with van der Waals surface area (Å²) in [6.45, 7) is 11.4. The average Bonchev–Trinajstić information content (AvgIpc) is 4.04. The van der Waals surface area contributed by atoms with Gasteiger partial charge in [-0.05, 0) is 135 Å². The van der Waals surface area contributed by atoms with Crippen molar-refractivity contribution in [3.05, 3.63) is 153 Å². The lowest BCUT2D eigenvalue weighted by molar-refractivity contribution is -0.131. The molecule has 13 nitrogen and oxygen atoms in total. The first-order valence-corrected chi connectivity index (χ1v) is 25.1. The SMILES string of the molecule is Cc1c(N(C(=O)c2cc(-c3cc4c(cc3C(=O)N3Cc5ccccc5C[C@H]3C)CN(C(=O)Cc3ccc(OCCN5CCOC6(CCCC6)C5)cc3)CC4)n(C)c2C)c2ccc(O)cc2)cc(C#N)n1C. The van der Waals surface area contributed by atoms with Crippen molar-refractivity contribution in [2.45, 2.75) is 90.4 Å². The quantitative estimate of drug-likeness (QED) is 0.136. The highest BCUT2D eigenvalue weighted by Gasteiger charge is 2.39. The fourth-order valence-corrected chi connectivity index (χ4v) is 11.3. The summed E-state index contributed by atoms with van der Waals surface area (Å²) in [7, 11) is 3.71. The van der Waals surface area contributed by atoms with Gasteiger partial charge >= 0.3 is 0 Å². The Morgan fingerprint density at radius 2 is 1.59 bits per heavy atom. The highest BCUT2D eigenvalue weighted by atomic mass is 16.5. The van der Waals surface area contributed by atoms with Gasteiger partial charge in [-0.2, -0.15) is 5.26 Å². The summed E-state index contributed by atoms with van der Waals surface area (Å²) in [5, 5.41) is 20.1. The van der Waals surface area contributed by atoms with Gasteiger partial charge in [0, 0.05) is 93.3 Å². The number of phenolic OH excluding ortho intramolecular Hbond substituents is 1. The van der Waals surface area contributed by atoms with Gasteiger partial charge in [0.15, 0.2) is 0 Å². The minimum atomic E-state index is -0.322.